The average molecular weight is 359 g/mol. The minimum absolute atomic E-state index is 0.110. The Labute approximate surface area is 161 Å². The molecule has 0 unspecified atom stereocenters. The minimum atomic E-state index is -0.110. The molecule has 0 radical (unpaired) electrons. The first-order chi connectivity index (χ1) is 13.1. The lowest BCUT2D eigenvalue weighted by Gasteiger charge is -2.12. The molecule has 1 amide bonds. The third-order valence-corrected chi connectivity index (χ3v) is 4.65. The SMILES string of the molecule is CCc1ccc(OCc2cccc(C(=O)Nc3c(C)cccc3C)c2)cc1. The van der Waals surface area contributed by atoms with Crippen LogP contribution < -0.4 is 10.1 Å². The second-order valence-electron chi connectivity index (χ2n) is 6.71. The number of benzene rings is 3. The topological polar surface area (TPSA) is 38.3 Å². The normalized spacial score (nSPS) is 10.5. The van der Waals surface area contributed by atoms with Crippen LogP contribution in [0.15, 0.2) is 66.7 Å². The number of nitrogens with one attached hydrogen (secondary N) is 1. The van der Waals surface area contributed by atoms with Gasteiger partial charge in [0.1, 0.15) is 12.4 Å². The van der Waals surface area contributed by atoms with Gasteiger partial charge in [0.15, 0.2) is 0 Å². The molecule has 3 heteroatoms. The summed E-state index contributed by atoms with van der Waals surface area (Å²) >= 11 is 0. The number of ether oxygens (including phenoxy) is 1. The van der Waals surface area contributed by atoms with Crippen molar-refractivity contribution in [1.29, 1.82) is 0 Å². The summed E-state index contributed by atoms with van der Waals surface area (Å²) < 4.78 is 5.85. The molecule has 0 bridgehead atoms. The van der Waals surface area contributed by atoms with E-state index in [4.69, 9.17) is 4.74 Å². The molecule has 3 nitrogen and oxygen atoms in total. The molecule has 3 rings (SSSR count). The van der Waals surface area contributed by atoms with Gasteiger partial charge in [0.25, 0.3) is 5.91 Å². The first-order valence-corrected chi connectivity index (χ1v) is 9.25. The zero-order chi connectivity index (χ0) is 19.2. The van der Waals surface area contributed by atoms with E-state index in [1.165, 1.54) is 5.56 Å². The molecule has 138 valence electrons. The summed E-state index contributed by atoms with van der Waals surface area (Å²) in [7, 11) is 0. The van der Waals surface area contributed by atoms with Crippen LogP contribution in [0.3, 0.4) is 0 Å². The number of rotatable bonds is 6. The number of amides is 1. The van der Waals surface area contributed by atoms with Crippen molar-refractivity contribution >= 4 is 11.6 Å². The predicted octanol–water partition coefficient (Wildman–Crippen LogP) is 5.70. The molecule has 27 heavy (non-hydrogen) atoms. The molecule has 0 atom stereocenters. The van der Waals surface area contributed by atoms with Gasteiger partial charge in [-0.05, 0) is 66.8 Å². The van der Waals surface area contributed by atoms with Crippen LogP contribution in [0.2, 0.25) is 0 Å². The molecule has 1 N–H and O–H groups in total. The fraction of sp³-hybridized carbons (Fsp3) is 0.208. The van der Waals surface area contributed by atoms with Crippen LogP contribution in [0.5, 0.6) is 5.75 Å². The highest BCUT2D eigenvalue weighted by molar-refractivity contribution is 6.05. The number of carbonyl (C=O) groups excluding carboxylic acids is 1. The molecule has 0 fully saturated rings. The Morgan fingerprint density at radius 3 is 2.22 bits per heavy atom. The van der Waals surface area contributed by atoms with Crippen molar-refractivity contribution < 1.29 is 9.53 Å². The van der Waals surface area contributed by atoms with E-state index in [1.807, 2.05) is 68.4 Å². The molecule has 0 aliphatic heterocycles. The molecule has 0 saturated carbocycles. The molecular weight excluding hydrogens is 334 g/mol. The van der Waals surface area contributed by atoms with Crippen molar-refractivity contribution in [2.24, 2.45) is 0 Å². The summed E-state index contributed by atoms with van der Waals surface area (Å²) in [4.78, 5) is 12.7. The lowest BCUT2D eigenvalue weighted by molar-refractivity contribution is 0.102. The fourth-order valence-corrected chi connectivity index (χ4v) is 2.99. The molecule has 0 aliphatic carbocycles. The summed E-state index contributed by atoms with van der Waals surface area (Å²) in [5.41, 5.74) is 5.85. The summed E-state index contributed by atoms with van der Waals surface area (Å²) in [6.07, 6.45) is 1.01. The van der Waals surface area contributed by atoms with Crippen LogP contribution in [-0.2, 0) is 13.0 Å². The van der Waals surface area contributed by atoms with Crippen molar-refractivity contribution in [2.45, 2.75) is 33.8 Å². The van der Waals surface area contributed by atoms with Crippen LogP contribution in [0.25, 0.3) is 0 Å². The summed E-state index contributed by atoms with van der Waals surface area (Å²) in [5.74, 6) is 0.721. The predicted molar refractivity (Wildman–Crippen MR) is 110 cm³/mol. The van der Waals surface area contributed by atoms with Gasteiger partial charge in [-0.3, -0.25) is 4.79 Å². The van der Waals surface area contributed by atoms with Gasteiger partial charge in [-0.25, -0.2) is 0 Å². The monoisotopic (exact) mass is 359 g/mol. The summed E-state index contributed by atoms with van der Waals surface area (Å²) in [5, 5.41) is 3.03. The molecule has 0 heterocycles. The van der Waals surface area contributed by atoms with E-state index in [9.17, 15) is 4.79 Å². The summed E-state index contributed by atoms with van der Waals surface area (Å²) in [6, 6.07) is 21.7. The molecule has 0 aromatic heterocycles. The van der Waals surface area contributed by atoms with Crippen molar-refractivity contribution in [1.82, 2.24) is 0 Å². The average Bonchev–Trinajstić information content (AvgIpc) is 2.70. The van der Waals surface area contributed by atoms with Crippen LogP contribution in [0, 0.1) is 13.8 Å². The first kappa shape index (κ1) is 18.7. The number of para-hydroxylation sites is 1. The Bertz CT molecular complexity index is 909. The Balaban J connectivity index is 1.68. The summed E-state index contributed by atoms with van der Waals surface area (Å²) in [6.45, 7) is 6.55. The van der Waals surface area contributed by atoms with E-state index in [-0.39, 0.29) is 5.91 Å². The van der Waals surface area contributed by atoms with E-state index < -0.39 is 0 Å². The highest BCUT2D eigenvalue weighted by Gasteiger charge is 2.10. The number of aryl methyl sites for hydroxylation is 3. The maximum atomic E-state index is 12.7. The van der Waals surface area contributed by atoms with Crippen LogP contribution >= 0.6 is 0 Å². The Morgan fingerprint density at radius 2 is 1.56 bits per heavy atom. The van der Waals surface area contributed by atoms with Crippen molar-refractivity contribution in [3.8, 4) is 5.75 Å². The molecular formula is C24H25NO2. The maximum absolute atomic E-state index is 12.7. The highest BCUT2D eigenvalue weighted by Crippen LogP contribution is 2.21. The van der Waals surface area contributed by atoms with Gasteiger partial charge in [-0.1, -0.05) is 49.4 Å². The highest BCUT2D eigenvalue weighted by atomic mass is 16.5. The molecule has 0 saturated heterocycles. The lowest BCUT2D eigenvalue weighted by Crippen LogP contribution is -2.14. The Morgan fingerprint density at radius 1 is 0.889 bits per heavy atom. The second kappa shape index (κ2) is 8.54. The molecule has 3 aromatic rings. The standard InChI is InChI=1S/C24H25NO2/c1-4-19-11-13-22(14-12-19)27-16-20-9-6-10-21(15-20)24(26)25-23-17(2)7-5-8-18(23)3/h5-15H,4,16H2,1-3H3,(H,25,26). The maximum Gasteiger partial charge on any atom is 0.255 e. The van der Waals surface area contributed by atoms with E-state index in [0.29, 0.717) is 12.2 Å². The molecule has 3 aromatic carbocycles. The fourth-order valence-electron chi connectivity index (χ4n) is 2.99. The van der Waals surface area contributed by atoms with Gasteiger partial charge < -0.3 is 10.1 Å². The quantitative estimate of drug-likeness (QED) is 0.613. The van der Waals surface area contributed by atoms with E-state index in [0.717, 1.165) is 34.5 Å². The lowest BCUT2D eigenvalue weighted by atomic mass is 10.1. The third-order valence-electron chi connectivity index (χ3n) is 4.65. The second-order valence-corrected chi connectivity index (χ2v) is 6.71. The van der Waals surface area contributed by atoms with Crippen molar-refractivity contribution in [3.63, 3.8) is 0 Å². The smallest absolute Gasteiger partial charge is 0.255 e. The minimum Gasteiger partial charge on any atom is -0.489 e. The van der Waals surface area contributed by atoms with E-state index in [2.05, 4.69) is 24.4 Å². The largest absolute Gasteiger partial charge is 0.489 e. The first-order valence-electron chi connectivity index (χ1n) is 9.25. The van der Waals surface area contributed by atoms with Crippen LogP contribution in [0.4, 0.5) is 5.69 Å². The van der Waals surface area contributed by atoms with Crippen molar-refractivity contribution in [2.75, 3.05) is 5.32 Å². The number of hydrogen-bond acceptors (Lipinski definition) is 2. The van der Waals surface area contributed by atoms with Gasteiger partial charge in [-0.15, -0.1) is 0 Å². The zero-order valence-corrected chi connectivity index (χ0v) is 16.1. The number of carbonyl (C=O) groups is 1. The van der Waals surface area contributed by atoms with Crippen LogP contribution in [0.1, 0.15) is 39.5 Å². The third kappa shape index (κ3) is 4.76. The number of hydrogen-bond donors (Lipinski definition) is 1. The molecule has 0 aliphatic rings. The van der Waals surface area contributed by atoms with E-state index in [1.54, 1.807) is 0 Å². The molecule has 0 spiro atoms. The van der Waals surface area contributed by atoms with Crippen molar-refractivity contribution in [3.05, 3.63) is 94.5 Å². The van der Waals surface area contributed by atoms with Gasteiger partial charge >= 0.3 is 0 Å². The Kier molecular flexibility index (Phi) is 5.92. The zero-order valence-electron chi connectivity index (χ0n) is 16.1. The van der Waals surface area contributed by atoms with Gasteiger partial charge in [0, 0.05) is 11.3 Å². The van der Waals surface area contributed by atoms with Gasteiger partial charge in [-0.2, -0.15) is 0 Å². The number of anilines is 1. The Hall–Kier alpha value is -3.07. The van der Waals surface area contributed by atoms with Gasteiger partial charge in [0.05, 0.1) is 0 Å². The van der Waals surface area contributed by atoms with Gasteiger partial charge in [0.2, 0.25) is 0 Å². The van der Waals surface area contributed by atoms with Crippen LogP contribution in [-0.4, -0.2) is 5.91 Å². The van der Waals surface area contributed by atoms with E-state index >= 15 is 0 Å².